The van der Waals surface area contributed by atoms with Gasteiger partial charge in [-0.1, -0.05) is 18.9 Å². The van der Waals surface area contributed by atoms with Crippen LogP contribution in [0, 0.1) is 5.92 Å². The van der Waals surface area contributed by atoms with Gasteiger partial charge in [0.05, 0.1) is 12.6 Å². The van der Waals surface area contributed by atoms with Crippen LogP contribution in [-0.4, -0.2) is 52.0 Å². The lowest BCUT2D eigenvalue weighted by Crippen LogP contribution is -2.35. The van der Waals surface area contributed by atoms with Crippen molar-refractivity contribution in [2.75, 3.05) is 25.5 Å². The first-order valence-corrected chi connectivity index (χ1v) is 11.0. The number of rotatable bonds is 5. The predicted molar refractivity (Wildman–Crippen MR) is 120 cm³/mol. The van der Waals surface area contributed by atoms with Crippen LogP contribution in [0.15, 0.2) is 42.9 Å². The van der Waals surface area contributed by atoms with Gasteiger partial charge in [-0.15, -0.1) is 0 Å². The topological polar surface area (TPSA) is 80.2 Å². The fourth-order valence-corrected chi connectivity index (χ4v) is 4.73. The number of methoxy groups -OCH3 is 1. The molecule has 7 heteroatoms. The van der Waals surface area contributed by atoms with Gasteiger partial charge in [0.15, 0.2) is 0 Å². The number of carbonyl (C=O) groups is 1. The summed E-state index contributed by atoms with van der Waals surface area (Å²) in [5, 5.41) is 4.54. The smallest absolute Gasteiger partial charge is 0.225 e. The van der Waals surface area contributed by atoms with Crippen LogP contribution in [0.5, 0.6) is 5.88 Å². The average molecular weight is 418 g/mol. The molecular weight excluding hydrogens is 390 g/mol. The summed E-state index contributed by atoms with van der Waals surface area (Å²) in [5.41, 5.74) is 2.94. The molecule has 1 N–H and O–H groups in total. The molecule has 160 valence electrons. The van der Waals surface area contributed by atoms with E-state index in [-0.39, 0.29) is 12.0 Å². The minimum atomic E-state index is 0.203. The van der Waals surface area contributed by atoms with Crippen molar-refractivity contribution < 1.29 is 9.53 Å². The predicted octanol–water partition coefficient (Wildman–Crippen LogP) is 3.90. The highest BCUT2D eigenvalue weighted by atomic mass is 16.5. The molecule has 1 aliphatic heterocycles. The van der Waals surface area contributed by atoms with Crippen molar-refractivity contribution in [1.82, 2.24) is 19.9 Å². The number of hydrogen-bond acceptors (Lipinski definition) is 6. The van der Waals surface area contributed by atoms with E-state index >= 15 is 0 Å². The van der Waals surface area contributed by atoms with Gasteiger partial charge in [0.25, 0.3) is 0 Å². The summed E-state index contributed by atoms with van der Waals surface area (Å²) in [6.07, 6.45) is 8.80. The third kappa shape index (κ3) is 4.04. The van der Waals surface area contributed by atoms with Crippen LogP contribution in [0.4, 0.5) is 5.82 Å². The van der Waals surface area contributed by atoms with Gasteiger partial charge in [-0.2, -0.15) is 0 Å². The normalized spacial score (nSPS) is 19.1. The van der Waals surface area contributed by atoms with Gasteiger partial charge < -0.3 is 15.0 Å². The van der Waals surface area contributed by atoms with Crippen LogP contribution in [0.1, 0.15) is 32.1 Å². The number of pyridine rings is 1. The van der Waals surface area contributed by atoms with Gasteiger partial charge in [-0.3, -0.25) is 4.79 Å². The third-order valence-electron chi connectivity index (χ3n) is 6.46. The van der Waals surface area contributed by atoms with Gasteiger partial charge in [0.2, 0.25) is 11.8 Å². The molecule has 0 unspecified atom stereocenters. The maximum Gasteiger partial charge on any atom is 0.225 e. The van der Waals surface area contributed by atoms with Gasteiger partial charge in [0.1, 0.15) is 12.1 Å². The van der Waals surface area contributed by atoms with Crippen molar-refractivity contribution in [3.8, 4) is 17.0 Å². The van der Waals surface area contributed by atoms with E-state index in [1.165, 1.54) is 12.8 Å². The Labute approximate surface area is 181 Å². The molecule has 2 fully saturated rings. The Morgan fingerprint density at radius 1 is 1.06 bits per heavy atom. The quantitative estimate of drug-likeness (QED) is 0.678. The highest BCUT2D eigenvalue weighted by Crippen LogP contribution is 2.30. The van der Waals surface area contributed by atoms with E-state index in [1.54, 1.807) is 19.6 Å². The van der Waals surface area contributed by atoms with Crippen LogP contribution < -0.4 is 10.1 Å². The molecule has 0 radical (unpaired) electrons. The highest BCUT2D eigenvalue weighted by Gasteiger charge is 2.32. The zero-order chi connectivity index (χ0) is 21.2. The fraction of sp³-hybridized carbons (Fsp3) is 0.417. The molecule has 2 aromatic heterocycles. The molecule has 1 aliphatic carbocycles. The Hall–Kier alpha value is -3.22. The maximum absolute atomic E-state index is 12.8. The third-order valence-corrected chi connectivity index (χ3v) is 6.46. The summed E-state index contributed by atoms with van der Waals surface area (Å²) in [5.74, 6) is 1.98. The Bertz CT molecular complexity index is 1080. The highest BCUT2D eigenvalue weighted by molar-refractivity contribution is 5.92. The lowest BCUT2D eigenvalue weighted by molar-refractivity contribution is -0.134. The van der Waals surface area contributed by atoms with Gasteiger partial charge in [0, 0.05) is 48.3 Å². The number of aromatic nitrogens is 3. The summed E-state index contributed by atoms with van der Waals surface area (Å²) in [7, 11) is 1.61. The molecule has 31 heavy (non-hydrogen) atoms. The summed E-state index contributed by atoms with van der Waals surface area (Å²) in [6.45, 7) is 1.56. The van der Waals surface area contributed by atoms with E-state index in [9.17, 15) is 4.79 Å². The monoisotopic (exact) mass is 417 g/mol. The average Bonchev–Trinajstić information content (AvgIpc) is 3.51. The summed E-state index contributed by atoms with van der Waals surface area (Å²) < 4.78 is 5.16. The molecule has 1 atom stereocenters. The molecular formula is C24H27N5O2. The summed E-state index contributed by atoms with van der Waals surface area (Å²) in [6, 6.07) is 10.2. The van der Waals surface area contributed by atoms with Crippen molar-refractivity contribution in [1.29, 1.82) is 0 Å². The molecule has 1 amide bonds. The van der Waals surface area contributed by atoms with Crippen LogP contribution in [-0.2, 0) is 4.79 Å². The number of ether oxygens (including phenoxy) is 1. The van der Waals surface area contributed by atoms with Crippen LogP contribution in [0.2, 0.25) is 0 Å². The van der Waals surface area contributed by atoms with Crippen molar-refractivity contribution in [3.05, 3.63) is 42.9 Å². The Kier molecular flexibility index (Phi) is 5.40. The summed E-state index contributed by atoms with van der Waals surface area (Å²) in [4.78, 5) is 28.0. The van der Waals surface area contributed by atoms with Crippen LogP contribution >= 0.6 is 0 Å². The van der Waals surface area contributed by atoms with Crippen LogP contribution in [0.3, 0.4) is 0 Å². The van der Waals surface area contributed by atoms with E-state index in [1.807, 2.05) is 29.2 Å². The number of amides is 1. The second-order valence-corrected chi connectivity index (χ2v) is 8.44. The number of anilines is 1. The molecule has 2 aliphatic rings. The molecule has 5 rings (SSSR count). The first kappa shape index (κ1) is 19.7. The van der Waals surface area contributed by atoms with Gasteiger partial charge in [-0.05, 0) is 43.0 Å². The number of nitrogens with one attached hydrogen (secondary N) is 1. The van der Waals surface area contributed by atoms with E-state index in [2.05, 4.69) is 26.3 Å². The first-order valence-electron chi connectivity index (χ1n) is 11.0. The molecule has 1 saturated heterocycles. The number of benzene rings is 1. The van der Waals surface area contributed by atoms with Crippen LogP contribution in [0.25, 0.3) is 22.0 Å². The molecule has 0 spiro atoms. The van der Waals surface area contributed by atoms with E-state index in [4.69, 9.17) is 4.74 Å². The second-order valence-electron chi connectivity index (χ2n) is 8.44. The lowest BCUT2D eigenvalue weighted by Gasteiger charge is -2.21. The van der Waals surface area contributed by atoms with E-state index < -0.39 is 0 Å². The molecule has 0 bridgehead atoms. The maximum atomic E-state index is 12.8. The Balaban J connectivity index is 1.35. The minimum Gasteiger partial charge on any atom is -0.481 e. The lowest BCUT2D eigenvalue weighted by atomic mass is 10.0. The summed E-state index contributed by atoms with van der Waals surface area (Å²) >= 11 is 0. The largest absolute Gasteiger partial charge is 0.481 e. The SMILES string of the molecule is COc1ccc(-c2ccc3ncnc(N[C@H]4CCN(C(=O)C5CCCC5)C4)c3c2)cn1. The molecule has 1 saturated carbocycles. The number of likely N-dealkylation sites (tertiary alicyclic amines) is 1. The zero-order valence-corrected chi connectivity index (χ0v) is 17.8. The van der Waals surface area contributed by atoms with Crippen molar-refractivity contribution in [2.45, 2.75) is 38.1 Å². The van der Waals surface area contributed by atoms with Gasteiger partial charge >= 0.3 is 0 Å². The second kappa shape index (κ2) is 8.49. The number of carbonyl (C=O) groups excluding carboxylic acids is 1. The molecule has 7 nitrogen and oxygen atoms in total. The van der Waals surface area contributed by atoms with Crippen molar-refractivity contribution in [2.24, 2.45) is 5.92 Å². The Morgan fingerprint density at radius 3 is 2.68 bits per heavy atom. The standard InChI is InChI=1S/C24H27N5O2/c1-31-22-9-7-18(13-25-22)17-6-8-21-20(12-17)23(27-15-26-21)28-19-10-11-29(14-19)24(30)16-4-2-3-5-16/h6-9,12-13,15-16,19H,2-5,10-11,14H2,1H3,(H,26,27,28)/t19-/m0/s1. The fourth-order valence-electron chi connectivity index (χ4n) is 4.73. The first-order chi connectivity index (χ1) is 15.2. The molecule has 3 heterocycles. The van der Waals surface area contributed by atoms with E-state index in [0.717, 1.165) is 60.2 Å². The van der Waals surface area contributed by atoms with Crippen molar-refractivity contribution >= 4 is 22.6 Å². The number of nitrogens with zero attached hydrogens (tertiary/aromatic N) is 4. The number of hydrogen-bond donors (Lipinski definition) is 1. The van der Waals surface area contributed by atoms with E-state index in [0.29, 0.717) is 11.8 Å². The molecule has 3 aromatic rings. The van der Waals surface area contributed by atoms with Gasteiger partial charge in [-0.25, -0.2) is 15.0 Å². The minimum absolute atomic E-state index is 0.203. The number of fused-ring (bicyclic) bond motifs is 1. The van der Waals surface area contributed by atoms with Crippen molar-refractivity contribution in [3.63, 3.8) is 0 Å². The zero-order valence-electron chi connectivity index (χ0n) is 17.8. The molecule has 1 aromatic carbocycles. The Morgan fingerprint density at radius 2 is 1.90 bits per heavy atom.